The summed E-state index contributed by atoms with van der Waals surface area (Å²) in [5, 5.41) is 3.80. The second kappa shape index (κ2) is 10.1. The van der Waals surface area contributed by atoms with Crippen LogP contribution in [0.1, 0.15) is 24.4 Å². The number of para-hydroxylation sites is 1. The van der Waals surface area contributed by atoms with Gasteiger partial charge in [0.1, 0.15) is 5.75 Å². The Balaban J connectivity index is 1.88. The van der Waals surface area contributed by atoms with E-state index in [4.69, 9.17) is 16.3 Å². The highest BCUT2D eigenvalue weighted by Gasteiger charge is 2.15. The lowest BCUT2D eigenvalue weighted by Crippen LogP contribution is -2.31. The van der Waals surface area contributed by atoms with Crippen molar-refractivity contribution in [3.63, 3.8) is 0 Å². The molecule has 1 amide bonds. The molecular weight excluding hydrogens is 336 g/mol. The predicted octanol–water partition coefficient (Wildman–Crippen LogP) is 3.92. The van der Waals surface area contributed by atoms with Crippen LogP contribution in [0.3, 0.4) is 0 Å². The van der Waals surface area contributed by atoms with Crippen molar-refractivity contribution in [3.8, 4) is 5.75 Å². The Labute approximate surface area is 154 Å². The average Bonchev–Trinajstić information content (AvgIpc) is 2.60. The van der Waals surface area contributed by atoms with E-state index in [1.165, 1.54) is 0 Å². The topological polar surface area (TPSA) is 41.6 Å². The molecule has 0 aliphatic rings. The molecule has 0 heterocycles. The van der Waals surface area contributed by atoms with Gasteiger partial charge in [-0.05, 0) is 56.9 Å². The number of amides is 1. The summed E-state index contributed by atoms with van der Waals surface area (Å²) < 4.78 is 5.59. The maximum Gasteiger partial charge on any atom is 0.223 e. The number of carbonyl (C=O) groups is 1. The largest absolute Gasteiger partial charge is 0.493 e. The number of hydrogen-bond acceptors (Lipinski definition) is 3. The second-order valence-electron chi connectivity index (χ2n) is 6.18. The maximum atomic E-state index is 12.3. The SMILES string of the molecule is CN(C)CCC(NC(=O)CCOc1ccccc1)c1ccc(Cl)cc1. The highest BCUT2D eigenvalue weighted by molar-refractivity contribution is 6.30. The normalized spacial score (nSPS) is 12.0. The molecule has 1 atom stereocenters. The molecule has 1 N–H and O–H groups in total. The first-order valence-corrected chi connectivity index (χ1v) is 8.80. The molecule has 0 saturated heterocycles. The highest BCUT2D eigenvalue weighted by Crippen LogP contribution is 2.20. The van der Waals surface area contributed by atoms with Crippen molar-refractivity contribution in [3.05, 3.63) is 65.2 Å². The van der Waals surface area contributed by atoms with Crippen LogP contribution in [0.2, 0.25) is 5.02 Å². The smallest absolute Gasteiger partial charge is 0.223 e. The lowest BCUT2D eigenvalue weighted by atomic mass is 10.0. The third kappa shape index (κ3) is 7.16. The zero-order chi connectivity index (χ0) is 18.1. The van der Waals surface area contributed by atoms with Gasteiger partial charge in [0.05, 0.1) is 19.1 Å². The molecule has 1 unspecified atom stereocenters. The maximum absolute atomic E-state index is 12.3. The highest BCUT2D eigenvalue weighted by atomic mass is 35.5. The zero-order valence-corrected chi connectivity index (χ0v) is 15.5. The summed E-state index contributed by atoms with van der Waals surface area (Å²) in [6.07, 6.45) is 1.15. The van der Waals surface area contributed by atoms with E-state index in [-0.39, 0.29) is 11.9 Å². The Hall–Kier alpha value is -2.04. The lowest BCUT2D eigenvalue weighted by Gasteiger charge is -2.21. The summed E-state index contributed by atoms with van der Waals surface area (Å²) in [4.78, 5) is 14.4. The number of hydrogen-bond donors (Lipinski definition) is 1. The number of ether oxygens (including phenoxy) is 1. The summed E-state index contributed by atoms with van der Waals surface area (Å²) in [7, 11) is 4.04. The van der Waals surface area contributed by atoms with Gasteiger partial charge in [0.25, 0.3) is 0 Å². The van der Waals surface area contributed by atoms with Crippen molar-refractivity contribution in [1.82, 2.24) is 10.2 Å². The van der Waals surface area contributed by atoms with E-state index in [9.17, 15) is 4.79 Å². The van der Waals surface area contributed by atoms with Crippen LogP contribution < -0.4 is 10.1 Å². The minimum atomic E-state index is -0.0381. The van der Waals surface area contributed by atoms with Crippen molar-refractivity contribution in [2.75, 3.05) is 27.2 Å². The van der Waals surface area contributed by atoms with Gasteiger partial charge >= 0.3 is 0 Å². The molecular formula is C20H25ClN2O2. The average molecular weight is 361 g/mol. The van der Waals surface area contributed by atoms with E-state index in [0.29, 0.717) is 18.1 Å². The van der Waals surface area contributed by atoms with Gasteiger partial charge in [-0.3, -0.25) is 4.79 Å². The molecule has 2 aromatic carbocycles. The van der Waals surface area contributed by atoms with Gasteiger partial charge < -0.3 is 15.0 Å². The van der Waals surface area contributed by atoms with Crippen LogP contribution in [0.5, 0.6) is 5.75 Å². The summed E-state index contributed by atoms with van der Waals surface area (Å²) in [5.74, 6) is 0.756. The van der Waals surface area contributed by atoms with E-state index >= 15 is 0 Å². The van der Waals surface area contributed by atoms with E-state index in [1.807, 2.05) is 68.7 Å². The predicted molar refractivity (Wildman–Crippen MR) is 102 cm³/mol. The molecule has 25 heavy (non-hydrogen) atoms. The van der Waals surface area contributed by atoms with Gasteiger partial charge in [0, 0.05) is 5.02 Å². The van der Waals surface area contributed by atoms with E-state index in [1.54, 1.807) is 0 Å². The molecule has 0 saturated carbocycles. The third-order valence-electron chi connectivity index (χ3n) is 3.81. The number of carbonyl (C=O) groups excluding carboxylic acids is 1. The molecule has 0 aromatic heterocycles. The molecule has 134 valence electrons. The summed E-state index contributed by atoms with van der Waals surface area (Å²) in [6.45, 7) is 1.24. The molecule has 0 aliphatic heterocycles. The van der Waals surface area contributed by atoms with Crippen molar-refractivity contribution in [2.24, 2.45) is 0 Å². The number of rotatable bonds is 9. The number of halogens is 1. The fourth-order valence-corrected chi connectivity index (χ4v) is 2.58. The van der Waals surface area contributed by atoms with E-state index < -0.39 is 0 Å². The first-order valence-electron chi connectivity index (χ1n) is 8.42. The van der Waals surface area contributed by atoms with Gasteiger partial charge in [-0.15, -0.1) is 0 Å². The monoisotopic (exact) mass is 360 g/mol. The van der Waals surface area contributed by atoms with Crippen LogP contribution in [-0.2, 0) is 4.79 Å². The van der Waals surface area contributed by atoms with Gasteiger partial charge in [-0.2, -0.15) is 0 Å². The standard InChI is InChI=1S/C20H25ClN2O2/c1-23(2)14-12-19(16-8-10-17(21)11-9-16)22-20(24)13-15-25-18-6-4-3-5-7-18/h3-11,19H,12-15H2,1-2H3,(H,22,24). The van der Waals surface area contributed by atoms with Gasteiger partial charge in [-0.1, -0.05) is 41.9 Å². The number of nitrogens with one attached hydrogen (secondary N) is 1. The minimum Gasteiger partial charge on any atom is -0.493 e. The zero-order valence-electron chi connectivity index (χ0n) is 14.7. The molecule has 2 aromatic rings. The van der Waals surface area contributed by atoms with Gasteiger partial charge in [0.2, 0.25) is 5.91 Å². The Bertz CT molecular complexity index is 645. The minimum absolute atomic E-state index is 0.0189. The van der Waals surface area contributed by atoms with Crippen molar-refractivity contribution in [1.29, 1.82) is 0 Å². The van der Waals surface area contributed by atoms with Crippen LogP contribution in [0.15, 0.2) is 54.6 Å². The van der Waals surface area contributed by atoms with E-state index in [0.717, 1.165) is 24.3 Å². The quantitative estimate of drug-likeness (QED) is 0.737. The van der Waals surface area contributed by atoms with Crippen LogP contribution in [0, 0.1) is 0 Å². The summed E-state index contributed by atoms with van der Waals surface area (Å²) >= 11 is 5.96. The molecule has 0 aliphatic carbocycles. The Morgan fingerprint density at radius 3 is 2.44 bits per heavy atom. The number of benzene rings is 2. The lowest BCUT2D eigenvalue weighted by molar-refractivity contribution is -0.122. The second-order valence-corrected chi connectivity index (χ2v) is 6.61. The molecule has 2 rings (SSSR count). The fraction of sp³-hybridized carbons (Fsp3) is 0.350. The van der Waals surface area contributed by atoms with Gasteiger partial charge in [0.15, 0.2) is 0 Å². The van der Waals surface area contributed by atoms with Crippen molar-refractivity contribution >= 4 is 17.5 Å². The van der Waals surface area contributed by atoms with Gasteiger partial charge in [-0.25, -0.2) is 0 Å². The number of nitrogens with zero attached hydrogens (tertiary/aromatic N) is 1. The van der Waals surface area contributed by atoms with Crippen LogP contribution in [0.25, 0.3) is 0 Å². The van der Waals surface area contributed by atoms with Crippen LogP contribution >= 0.6 is 11.6 Å². The van der Waals surface area contributed by atoms with Crippen LogP contribution in [-0.4, -0.2) is 38.1 Å². The van der Waals surface area contributed by atoms with E-state index in [2.05, 4.69) is 10.2 Å². The molecule has 0 bridgehead atoms. The first kappa shape index (κ1) is 19.3. The third-order valence-corrected chi connectivity index (χ3v) is 4.07. The van der Waals surface area contributed by atoms with Crippen molar-refractivity contribution in [2.45, 2.75) is 18.9 Å². The molecule has 0 radical (unpaired) electrons. The fourth-order valence-electron chi connectivity index (χ4n) is 2.45. The first-order chi connectivity index (χ1) is 12.0. The van der Waals surface area contributed by atoms with Crippen molar-refractivity contribution < 1.29 is 9.53 Å². The molecule has 0 spiro atoms. The summed E-state index contributed by atoms with van der Waals surface area (Å²) in [6, 6.07) is 17.1. The van der Waals surface area contributed by atoms with Crippen LogP contribution in [0.4, 0.5) is 0 Å². The molecule has 5 heteroatoms. The Kier molecular flexibility index (Phi) is 7.76. The molecule has 0 fully saturated rings. The Morgan fingerprint density at radius 1 is 1.12 bits per heavy atom. The molecule has 4 nitrogen and oxygen atoms in total. The Morgan fingerprint density at radius 2 is 1.80 bits per heavy atom. The summed E-state index contributed by atoms with van der Waals surface area (Å²) in [5.41, 5.74) is 1.06.